The summed E-state index contributed by atoms with van der Waals surface area (Å²) in [5.74, 6) is 0.651. The van der Waals surface area contributed by atoms with Crippen LogP contribution in [0.5, 0.6) is 0 Å². The minimum atomic E-state index is -3.65. The zero-order valence-electron chi connectivity index (χ0n) is 13.0. The van der Waals surface area contributed by atoms with Crippen molar-refractivity contribution >= 4 is 27.5 Å². The van der Waals surface area contributed by atoms with Gasteiger partial charge < -0.3 is 0 Å². The summed E-state index contributed by atoms with van der Waals surface area (Å²) in [6.07, 6.45) is 0. The van der Waals surface area contributed by atoms with Crippen LogP contribution in [0, 0.1) is 17.0 Å². The van der Waals surface area contributed by atoms with E-state index < -0.39 is 20.3 Å². The number of nitrogens with zero attached hydrogens (tertiary/aromatic N) is 2. The van der Waals surface area contributed by atoms with E-state index >= 15 is 0 Å². The molecule has 1 heterocycles. The van der Waals surface area contributed by atoms with Gasteiger partial charge in [-0.25, -0.2) is 8.42 Å². The maximum atomic E-state index is 13.0. The second-order valence-electron chi connectivity index (χ2n) is 5.51. The summed E-state index contributed by atoms with van der Waals surface area (Å²) in [4.78, 5) is 10.8. The van der Waals surface area contributed by atoms with E-state index in [9.17, 15) is 18.5 Å². The van der Waals surface area contributed by atoms with Crippen molar-refractivity contribution in [3.63, 3.8) is 0 Å². The number of benzene rings is 2. The van der Waals surface area contributed by atoms with Crippen molar-refractivity contribution in [2.75, 3.05) is 12.3 Å². The molecule has 24 heavy (non-hydrogen) atoms. The van der Waals surface area contributed by atoms with Crippen LogP contribution in [0.1, 0.15) is 16.5 Å². The largest absolute Gasteiger partial charge is 0.269 e. The van der Waals surface area contributed by atoms with Gasteiger partial charge in [-0.1, -0.05) is 24.3 Å². The second kappa shape index (κ2) is 6.54. The van der Waals surface area contributed by atoms with E-state index in [2.05, 4.69) is 0 Å². The smallest absolute Gasteiger partial charge is 0.258 e. The fourth-order valence-electron chi connectivity index (χ4n) is 2.67. The van der Waals surface area contributed by atoms with Crippen LogP contribution in [-0.2, 0) is 10.0 Å². The van der Waals surface area contributed by atoms with Gasteiger partial charge in [0.1, 0.15) is 0 Å². The molecule has 126 valence electrons. The molecule has 0 saturated carbocycles. The van der Waals surface area contributed by atoms with E-state index in [0.29, 0.717) is 17.9 Å². The standard InChI is InChI=1S/C16H16N2O4S2/c1-12-4-2-7-15(10-12)24(21,22)17-8-9-23-16(17)13-5-3-6-14(11-13)18(19)20/h2-7,10-11,16H,8-9H2,1H3/t16-/m1/s1. The summed E-state index contributed by atoms with van der Waals surface area (Å²) in [6, 6.07) is 12.9. The Morgan fingerprint density at radius 2 is 1.96 bits per heavy atom. The third-order valence-corrected chi connectivity index (χ3v) is 7.07. The lowest BCUT2D eigenvalue weighted by molar-refractivity contribution is -0.384. The molecule has 2 aromatic carbocycles. The van der Waals surface area contributed by atoms with Crippen molar-refractivity contribution in [2.45, 2.75) is 17.2 Å². The van der Waals surface area contributed by atoms with Crippen molar-refractivity contribution in [3.8, 4) is 0 Å². The highest BCUT2D eigenvalue weighted by Crippen LogP contribution is 2.42. The minimum Gasteiger partial charge on any atom is -0.258 e. The zero-order valence-corrected chi connectivity index (χ0v) is 14.6. The second-order valence-corrected chi connectivity index (χ2v) is 8.59. The number of thioether (sulfide) groups is 1. The van der Waals surface area contributed by atoms with E-state index in [4.69, 9.17) is 0 Å². The van der Waals surface area contributed by atoms with Gasteiger partial charge in [-0.3, -0.25) is 10.1 Å². The van der Waals surface area contributed by atoms with Crippen LogP contribution >= 0.6 is 11.8 Å². The van der Waals surface area contributed by atoms with Crippen molar-refractivity contribution in [2.24, 2.45) is 0 Å². The molecule has 0 amide bonds. The summed E-state index contributed by atoms with van der Waals surface area (Å²) in [7, 11) is -3.65. The Morgan fingerprint density at radius 3 is 2.67 bits per heavy atom. The Balaban J connectivity index is 1.99. The third kappa shape index (κ3) is 3.17. The summed E-state index contributed by atoms with van der Waals surface area (Å²) in [5.41, 5.74) is 1.46. The van der Waals surface area contributed by atoms with Gasteiger partial charge in [0.25, 0.3) is 5.69 Å². The maximum absolute atomic E-state index is 13.0. The molecule has 0 aliphatic carbocycles. The molecular weight excluding hydrogens is 348 g/mol. The molecule has 8 heteroatoms. The molecule has 1 fully saturated rings. The molecule has 1 aliphatic heterocycles. The van der Waals surface area contributed by atoms with E-state index in [1.807, 2.05) is 13.0 Å². The molecule has 0 aromatic heterocycles. The number of nitro benzene ring substituents is 1. The van der Waals surface area contributed by atoms with Gasteiger partial charge in [0.05, 0.1) is 15.2 Å². The van der Waals surface area contributed by atoms with Gasteiger partial charge >= 0.3 is 0 Å². The normalized spacial score (nSPS) is 18.6. The van der Waals surface area contributed by atoms with Crippen LogP contribution in [0.15, 0.2) is 53.4 Å². The van der Waals surface area contributed by atoms with Crippen LogP contribution < -0.4 is 0 Å². The average Bonchev–Trinajstić information content (AvgIpc) is 3.05. The lowest BCUT2D eigenvalue weighted by Crippen LogP contribution is -2.30. The molecule has 1 atom stereocenters. The topological polar surface area (TPSA) is 80.5 Å². The van der Waals surface area contributed by atoms with Gasteiger partial charge in [-0.05, 0) is 30.2 Å². The molecule has 0 radical (unpaired) electrons. The number of hydrogen-bond donors (Lipinski definition) is 0. The van der Waals surface area contributed by atoms with Crippen LogP contribution in [-0.4, -0.2) is 29.9 Å². The van der Waals surface area contributed by atoms with Gasteiger partial charge in [-0.2, -0.15) is 4.31 Å². The predicted molar refractivity (Wildman–Crippen MR) is 93.4 cm³/mol. The molecule has 1 aliphatic rings. The number of aryl methyl sites for hydroxylation is 1. The highest BCUT2D eigenvalue weighted by molar-refractivity contribution is 8.01. The van der Waals surface area contributed by atoms with E-state index in [1.54, 1.807) is 30.3 Å². The molecule has 1 saturated heterocycles. The molecular formula is C16H16N2O4S2. The fraction of sp³-hybridized carbons (Fsp3) is 0.250. The van der Waals surface area contributed by atoms with Gasteiger partial charge in [-0.15, -0.1) is 11.8 Å². The lowest BCUT2D eigenvalue weighted by atomic mass is 10.2. The molecule has 0 spiro atoms. The molecule has 6 nitrogen and oxygen atoms in total. The summed E-state index contributed by atoms with van der Waals surface area (Å²) in [6.45, 7) is 2.23. The molecule has 2 aromatic rings. The molecule has 0 unspecified atom stereocenters. The van der Waals surface area contributed by atoms with E-state index in [-0.39, 0.29) is 10.6 Å². The quantitative estimate of drug-likeness (QED) is 0.614. The highest BCUT2D eigenvalue weighted by atomic mass is 32.2. The number of non-ortho nitro benzene ring substituents is 1. The first-order valence-electron chi connectivity index (χ1n) is 7.34. The Hall–Kier alpha value is -1.90. The van der Waals surface area contributed by atoms with Crippen molar-refractivity contribution < 1.29 is 13.3 Å². The van der Waals surface area contributed by atoms with Gasteiger partial charge in [0.2, 0.25) is 10.0 Å². The molecule has 0 N–H and O–H groups in total. The van der Waals surface area contributed by atoms with Crippen molar-refractivity contribution in [1.29, 1.82) is 0 Å². The monoisotopic (exact) mass is 364 g/mol. The van der Waals surface area contributed by atoms with Gasteiger partial charge in [0, 0.05) is 24.4 Å². The number of sulfonamides is 1. The van der Waals surface area contributed by atoms with Crippen molar-refractivity contribution in [3.05, 3.63) is 69.8 Å². The zero-order chi connectivity index (χ0) is 17.3. The van der Waals surface area contributed by atoms with E-state index in [0.717, 1.165) is 5.56 Å². The Morgan fingerprint density at radius 1 is 1.21 bits per heavy atom. The first-order valence-corrected chi connectivity index (χ1v) is 9.83. The first-order chi connectivity index (χ1) is 11.4. The predicted octanol–water partition coefficient (Wildman–Crippen LogP) is 3.34. The Kier molecular flexibility index (Phi) is 4.62. The minimum absolute atomic E-state index is 0.0343. The van der Waals surface area contributed by atoms with Crippen LogP contribution in [0.25, 0.3) is 0 Å². The van der Waals surface area contributed by atoms with Crippen LogP contribution in [0.4, 0.5) is 5.69 Å². The SMILES string of the molecule is Cc1cccc(S(=O)(=O)N2CCS[C@@H]2c2cccc([N+](=O)[O-])c2)c1. The summed E-state index contributed by atoms with van der Waals surface area (Å²) in [5, 5.41) is 10.5. The maximum Gasteiger partial charge on any atom is 0.269 e. The lowest BCUT2D eigenvalue weighted by Gasteiger charge is -2.23. The summed E-state index contributed by atoms with van der Waals surface area (Å²) < 4.78 is 27.4. The van der Waals surface area contributed by atoms with Gasteiger partial charge in [0.15, 0.2) is 0 Å². The van der Waals surface area contributed by atoms with Crippen LogP contribution in [0.2, 0.25) is 0 Å². The number of rotatable bonds is 4. The Labute approximate surface area is 144 Å². The summed E-state index contributed by atoms with van der Waals surface area (Å²) >= 11 is 1.47. The van der Waals surface area contributed by atoms with Crippen LogP contribution in [0.3, 0.4) is 0 Å². The van der Waals surface area contributed by atoms with Crippen molar-refractivity contribution in [1.82, 2.24) is 4.31 Å². The number of hydrogen-bond acceptors (Lipinski definition) is 5. The van der Waals surface area contributed by atoms with E-state index in [1.165, 1.54) is 28.2 Å². The third-order valence-electron chi connectivity index (χ3n) is 3.81. The molecule has 0 bridgehead atoms. The first kappa shape index (κ1) is 16.9. The molecule has 3 rings (SSSR count). The fourth-order valence-corrected chi connectivity index (χ4v) is 6.00. The Bertz CT molecular complexity index is 883. The average molecular weight is 364 g/mol. The number of nitro groups is 1. The highest BCUT2D eigenvalue weighted by Gasteiger charge is 2.37.